The van der Waals surface area contributed by atoms with Crippen LogP contribution in [-0.2, 0) is 0 Å². The normalized spacial score (nSPS) is 11.6. The van der Waals surface area contributed by atoms with Crippen LogP contribution in [0.2, 0.25) is 0 Å². The lowest BCUT2D eigenvalue weighted by Crippen LogP contribution is -2.07. The third kappa shape index (κ3) is 4.45. The first kappa shape index (κ1) is 28.2. The topological polar surface area (TPSA) is 48.5 Å². The summed E-state index contributed by atoms with van der Waals surface area (Å²) in [6, 6.07) is 61.5. The van der Waals surface area contributed by atoms with E-state index in [0.717, 1.165) is 49.7 Å². The molecule has 7 aromatic carbocycles. The molecule has 0 radical (unpaired) electrons. The van der Waals surface area contributed by atoms with Crippen LogP contribution in [-0.4, -0.2) is 24.1 Å². The second-order valence-electron chi connectivity index (χ2n) is 12.5. The van der Waals surface area contributed by atoms with Gasteiger partial charge < -0.3 is 4.57 Å². The lowest BCUT2D eigenvalue weighted by molar-refractivity contribution is 0.954. The van der Waals surface area contributed by atoms with Crippen LogP contribution in [0.1, 0.15) is 0 Å². The lowest BCUT2D eigenvalue weighted by atomic mass is 10.0. The molecule has 0 aliphatic rings. The zero-order valence-corrected chi connectivity index (χ0v) is 27.0. The molecule has 0 atom stereocenters. The molecule has 10 aromatic rings. The number of para-hydroxylation sites is 4. The molecular weight excluding hydrogens is 611 g/mol. The second kappa shape index (κ2) is 11.4. The van der Waals surface area contributed by atoms with Gasteiger partial charge in [0.2, 0.25) is 5.95 Å². The molecule has 5 heteroatoms. The summed E-state index contributed by atoms with van der Waals surface area (Å²) >= 11 is 0. The molecule has 3 heterocycles. The maximum absolute atomic E-state index is 5.17. The summed E-state index contributed by atoms with van der Waals surface area (Å²) in [5.74, 6) is 1.84. The lowest BCUT2D eigenvalue weighted by Gasteiger charge is -2.14. The van der Waals surface area contributed by atoms with Crippen molar-refractivity contribution in [3.63, 3.8) is 0 Å². The summed E-state index contributed by atoms with van der Waals surface area (Å²) in [5, 5.41) is 4.78. The fourth-order valence-electron chi connectivity index (χ4n) is 7.37. The Hall–Kier alpha value is -6.85. The first-order chi connectivity index (χ1) is 24.8. The molecule has 0 fully saturated rings. The van der Waals surface area contributed by atoms with Crippen molar-refractivity contribution < 1.29 is 0 Å². The van der Waals surface area contributed by atoms with Gasteiger partial charge in [0.1, 0.15) is 0 Å². The van der Waals surface area contributed by atoms with Crippen molar-refractivity contribution in [1.82, 2.24) is 24.1 Å². The number of fused-ring (bicyclic) bond motifs is 6. The SMILES string of the molecule is c1ccc(-c2nc(-c3ccccc3)nc(-n3c4ccccc4c4cccc(-c5cccc(-n6c7ccccc7c7ccccc76)c5)c43)n2)cc1. The minimum atomic E-state index is 0.579. The van der Waals surface area contributed by atoms with Crippen LogP contribution in [0.3, 0.4) is 0 Å². The van der Waals surface area contributed by atoms with Crippen molar-refractivity contribution in [3.05, 3.63) is 176 Å². The highest BCUT2D eigenvalue weighted by Gasteiger charge is 2.21. The Labute approximate surface area is 288 Å². The monoisotopic (exact) mass is 639 g/mol. The van der Waals surface area contributed by atoms with E-state index in [1.165, 1.54) is 21.8 Å². The van der Waals surface area contributed by atoms with Gasteiger partial charge in [-0.15, -0.1) is 0 Å². The van der Waals surface area contributed by atoms with E-state index in [9.17, 15) is 0 Å². The minimum absolute atomic E-state index is 0.579. The predicted molar refractivity (Wildman–Crippen MR) is 205 cm³/mol. The molecule has 0 unspecified atom stereocenters. The molecule has 0 aliphatic heterocycles. The zero-order valence-electron chi connectivity index (χ0n) is 27.0. The molecule has 0 saturated heterocycles. The molecule has 0 spiro atoms. The van der Waals surface area contributed by atoms with Crippen molar-refractivity contribution in [3.8, 4) is 45.5 Å². The minimum Gasteiger partial charge on any atom is -0.309 e. The zero-order chi connectivity index (χ0) is 33.0. The number of hydrogen-bond donors (Lipinski definition) is 0. The number of hydrogen-bond acceptors (Lipinski definition) is 3. The van der Waals surface area contributed by atoms with E-state index in [4.69, 9.17) is 15.0 Å². The summed E-state index contributed by atoms with van der Waals surface area (Å²) in [6.45, 7) is 0. The van der Waals surface area contributed by atoms with Gasteiger partial charge in [-0.1, -0.05) is 146 Å². The van der Waals surface area contributed by atoms with E-state index in [2.05, 4.69) is 124 Å². The molecule has 0 amide bonds. The average Bonchev–Trinajstić information content (AvgIpc) is 3.72. The van der Waals surface area contributed by atoms with Gasteiger partial charge in [0.25, 0.3) is 0 Å². The highest BCUT2D eigenvalue weighted by atomic mass is 15.2. The van der Waals surface area contributed by atoms with E-state index < -0.39 is 0 Å². The van der Waals surface area contributed by atoms with Crippen LogP contribution in [0, 0.1) is 0 Å². The quantitative estimate of drug-likeness (QED) is 0.188. The Morgan fingerprint density at radius 1 is 0.340 bits per heavy atom. The molecule has 10 rings (SSSR count). The number of benzene rings is 7. The third-order valence-corrected chi connectivity index (χ3v) is 9.58. The van der Waals surface area contributed by atoms with E-state index in [1.54, 1.807) is 0 Å². The van der Waals surface area contributed by atoms with Gasteiger partial charge in [0.15, 0.2) is 11.6 Å². The number of rotatable bonds is 5. The smallest absolute Gasteiger partial charge is 0.238 e. The first-order valence-electron chi connectivity index (χ1n) is 16.8. The van der Waals surface area contributed by atoms with Crippen molar-refractivity contribution in [1.29, 1.82) is 0 Å². The van der Waals surface area contributed by atoms with Crippen molar-refractivity contribution in [2.75, 3.05) is 0 Å². The van der Waals surface area contributed by atoms with E-state index in [-0.39, 0.29) is 0 Å². The Balaban J connectivity index is 1.25. The highest BCUT2D eigenvalue weighted by Crippen LogP contribution is 2.39. The first-order valence-corrected chi connectivity index (χ1v) is 16.8. The summed E-state index contributed by atoms with van der Waals surface area (Å²) in [7, 11) is 0. The molecule has 5 nitrogen and oxygen atoms in total. The summed E-state index contributed by atoms with van der Waals surface area (Å²) < 4.78 is 4.59. The Morgan fingerprint density at radius 3 is 1.40 bits per heavy atom. The van der Waals surface area contributed by atoms with Gasteiger partial charge in [0.05, 0.1) is 22.1 Å². The van der Waals surface area contributed by atoms with Crippen molar-refractivity contribution in [2.45, 2.75) is 0 Å². The maximum atomic E-state index is 5.17. The van der Waals surface area contributed by atoms with Crippen LogP contribution < -0.4 is 0 Å². The van der Waals surface area contributed by atoms with Crippen LogP contribution >= 0.6 is 0 Å². The summed E-state index contributed by atoms with van der Waals surface area (Å²) in [5.41, 5.74) is 9.66. The predicted octanol–water partition coefficient (Wildman–Crippen LogP) is 11.1. The molecule has 0 saturated carbocycles. The van der Waals surface area contributed by atoms with Gasteiger partial charge >= 0.3 is 0 Å². The van der Waals surface area contributed by atoms with Gasteiger partial charge in [-0.3, -0.25) is 4.57 Å². The van der Waals surface area contributed by atoms with Crippen LogP contribution in [0.25, 0.3) is 89.2 Å². The summed E-state index contributed by atoms with van der Waals surface area (Å²) in [4.78, 5) is 15.3. The highest BCUT2D eigenvalue weighted by molar-refractivity contribution is 6.14. The molecule has 50 heavy (non-hydrogen) atoms. The summed E-state index contributed by atoms with van der Waals surface area (Å²) in [6.07, 6.45) is 0. The number of aromatic nitrogens is 5. The van der Waals surface area contributed by atoms with Crippen LogP contribution in [0.15, 0.2) is 176 Å². The third-order valence-electron chi connectivity index (χ3n) is 9.58. The standard InChI is InChI=1S/C45H29N5/c1-3-15-30(16-4-1)43-46-44(31-17-5-2-6-18-31)48-45(47-43)50-41-28-12-9-23-37(41)38-25-14-24-34(42(38)50)32-19-13-20-33(29-32)49-39-26-10-7-21-35(39)36-22-8-11-27-40(36)49/h1-29H. The number of nitrogens with zero attached hydrogens (tertiary/aromatic N) is 5. The fraction of sp³-hybridized carbons (Fsp3) is 0. The molecular formula is C45H29N5. The van der Waals surface area contributed by atoms with Gasteiger partial charge in [-0.25, -0.2) is 4.98 Å². The van der Waals surface area contributed by atoms with E-state index in [0.29, 0.717) is 17.6 Å². The molecule has 234 valence electrons. The van der Waals surface area contributed by atoms with Crippen LogP contribution in [0.5, 0.6) is 0 Å². The second-order valence-corrected chi connectivity index (χ2v) is 12.5. The average molecular weight is 640 g/mol. The fourth-order valence-corrected chi connectivity index (χ4v) is 7.37. The Kier molecular flexibility index (Phi) is 6.42. The maximum Gasteiger partial charge on any atom is 0.238 e. The molecule has 0 bridgehead atoms. The Morgan fingerprint density at radius 2 is 0.800 bits per heavy atom. The van der Waals surface area contributed by atoms with Crippen molar-refractivity contribution >= 4 is 43.6 Å². The van der Waals surface area contributed by atoms with Crippen molar-refractivity contribution in [2.24, 2.45) is 0 Å². The largest absolute Gasteiger partial charge is 0.309 e. The van der Waals surface area contributed by atoms with Crippen LogP contribution in [0.4, 0.5) is 0 Å². The van der Waals surface area contributed by atoms with E-state index in [1.807, 2.05) is 60.7 Å². The molecule has 3 aromatic heterocycles. The molecule has 0 aliphatic carbocycles. The van der Waals surface area contributed by atoms with Gasteiger partial charge in [-0.05, 0) is 35.9 Å². The van der Waals surface area contributed by atoms with Gasteiger partial charge in [-0.2, -0.15) is 9.97 Å². The Bertz CT molecular complexity index is 2760. The molecule has 0 N–H and O–H groups in total. The van der Waals surface area contributed by atoms with Gasteiger partial charge in [0, 0.05) is 43.9 Å². The van der Waals surface area contributed by atoms with E-state index >= 15 is 0 Å².